The predicted molar refractivity (Wildman–Crippen MR) is 72.3 cm³/mol. The summed E-state index contributed by atoms with van der Waals surface area (Å²) in [6.45, 7) is 2.94. The van der Waals surface area contributed by atoms with E-state index in [1.54, 1.807) is 6.20 Å². The molecule has 0 aliphatic rings. The van der Waals surface area contributed by atoms with E-state index >= 15 is 0 Å². The van der Waals surface area contributed by atoms with Gasteiger partial charge in [-0.2, -0.15) is 5.10 Å². The Hall–Kier alpha value is -1.81. The molecule has 0 unspecified atom stereocenters. The molecular weight excluding hydrogens is 226 g/mol. The number of hydrogen-bond acceptors (Lipinski definition) is 3. The molecular formula is C14H19N3O. The van der Waals surface area contributed by atoms with E-state index in [4.69, 9.17) is 10.8 Å². The summed E-state index contributed by atoms with van der Waals surface area (Å²) in [6.07, 6.45) is 3.29. The quantitative estimate of drug-likeness (QED) is 0.843. The van der Waals surface area contributed by atoms with Gasteiger partial charge in [0.1, 0.15) is 5.82 Å². The van der Waals surface area contributed by atoms with Crippen LogP contribution in [0.25, 0.3) is 0 Å². The van der Waals surface area contributed by atoms with Gasteiger partial charge in [0.15, 0.2) is 0 Å². The van der Waals surface area contributed by atoms with Crippen molar-refractivity contribution < 1.29 is 5.11 Å². The van der Waals surface area contributed by atoms with Crippen molar-refractivity contribution in [3.63, 3.8) is 0 Å². The van der Waals surface area contributed by atoms with Crippen LogP contribution in [0.2, 0.25) is 0 Å². The molecule has 0 saturated heterocycles. The molecule has 0 radical (unpaired) electrons. The van der Waals surface area contributed by atoms with Gasteiger partial charge in [0.25, 0.3) is 0 Å². The lowest BCUT2D eigenvalue weighted by atomic mass is 10.1. The first kappa shape index (κ1) is 12.6. The topological polar surface area (TPSA) is 64.1 Å². The number of aliphatic hydroxyl groups excluding tert-OH is 1. The summed E-state index contributed by atoms with van der Waals surface area (Å²) < 4.78 is 1.81. The third kappa shape index (κ3) is 2.90. The largest absolute Gasteiger partial charge is 0.396 e. The Morgan fingerprint density at radius 3 is 2.94 bits per heavy atom. The van der Waals surface area contributed by atoms with Crippen LogP contribution in [0.3, 0.4) is 0 Å². The molecule has 18 heavy (non-hydrogen) atoms. The zero-order valence-electron chi connectivity index (χ0n) is 10.6. The van der Waals surface area contributed by atoms with Gasteiger partial charge in [0.2, 0.25) is 0 Å². The molecule has 96 valence electrons. The summed E-state index contributed by atoms with van der Waals surface area (Å²) in [5.74, 6) is 0.699. The number of anilines is 1. The predicted octanol–water partition coefficient (Wildman–Crippen LogP) is 1.75. The summed E-state index contributed by atoms with van der Waals surface area (Å²) >= 11 is 0. The van der Waals surface area contributed by atoms with Crippen molar-refractivity contribution in [1.29, 1.82) is 0 Å². The van der Waals surface area contributed by atoms with Gasteiger partial charge in [-0.15, -0.1) is 0 Å². The van der Waals surface area contributed by atoms with Crippen LogP contribution in [-0.4, -0.2) is 21.5 Å². The molecule has 0 spiro atoms. The van der Waals surface area contributed by atoms with Gasteiger partial charge in [-0.25, -0.2) is 4.68 Å². The van der Waals surface area contributed by atoms with Gasteiger partial charge >= 0.3 is 0 Å². The first-order valence-electron chi connectivity index (χ1n) is 6.17. The first-order chi connectivity index (χ1) is 8.70. The summed E-state index contributed by atoms with van der Waals surface area (Å²) in [5.41, 5.74) is 9.49. The van der Waals surface area contributed by atoms with Crippen molar-refractivity contribution in [1.82, 2.24) is 9.78 Å². The molecule has 0 atom stereocenters. The smallest absolute Gasteiger partial charge is 0.125 e. The average Bonchev–Trinajstić information content (AvgIpc) is 2.69. The average molecular weight is 245 g/mol. The molecule has 0 amide bonds. The molecule has 0 aliphatic carbocycles. The molecule has 1 aromatic heterocycles. The number of aryl methyl sites for hydroxylation is 2. The maximum atomic E-state index is 8.82. The third-order valence-electron chi connectivity index (χ3n) is 2.98. The van der Waals surface area contributed by atoms with Crippen LogP contribution in [0.4, 0.5) is 5.82 Å². The normalized spacial score (nSPS) is 10.8. The van der Waals surface area contributed by atoms with E-state index in [0.717, 1.165) is 18.4 Å². The summed E-state index contributed by atoms with van der Waals surface area (Å²) in [6, 6.07) is 8.32. The molecule has 1 aromatic carbocycles. The number of rotatable bonds is 5. The number of nitrogens with two attached hydrogens (primary N) is 1. The summed E-state index contributed by atoms with van der Waals surface area (Å²) in [5, 5.41) is 13.1. The standard InChI is InChI=1S/C14H19N3O/c1-11-4-2-5-12(8-11)10-17-14(15)13(9-16-17)6-3-7-18/h2,4-5,8-9,18H,3,6-7,10,15H2,1H3. The number of nitrogens with zero attached hydrogens (tertiary/aromatic N) is 2. The highest BCUT2D eigenvalue weighted by Crippen LogP contribution is 2.15. The van der Waals surface area contributed by atoms with Crippen LogP contribution in [0, 0.1) is 6.92 Å². The van der Waals surface area contributed by atoms with E-state index in [9.17, 15) is 0 Å². The van der Waals surface area contributed by atoms with Crippen LogP contribution in [-0.2, 0) is 13.0 Å². The zero-order valence-corrected chi connectivity index (χ0v) is 10.6. The Bertz CT molecular complexity index is 520. The zero-order chi connectivity index (χ0) is 13.0. The monoisotopic (exact) mass is 245 g/mol. The molecule has 1 heterocycles. The van der Waals surface area contributed by atoms with Crippen LogP contribution < -0.4 is 5.73 Å². The second-order valence-electron chi connectivity index (χ2n) is 4.53. The van der Waals surface area contributed by atoms with Crippen LogP contribution in [0.15, 0.2) is 30.5 Å². The molecule has 3 N–H and O–H groups in total. The lowest BCUT2D eigenvalue weighted by molar-refractivity contribution is 0.288. The van der Waals surface area contributed by atoms with Crippen molar-refractivity contribution >= 4 is 5.82 Å². The Morgan fingerprint density at radius 2 is 2.22 bits per heavy atom. The molecule has 4 heteroatoms. The molecule has 4 nitrogen and oxygen atoms in total. The van der Waals surface area contributed by atoms with Gasteiger partial charge in [-0.3, -0.25) is 0 Å². The third-order valence-corrected chi connectivity index (χ3v) is 2.98. The SMILES string of the molecule is Cc1cccc(Cn2ncc(CCCO)c2N)c1. The molecule has 2 aromatic rings. The fraction of sp³-hybridized carbons (Fsp3) is 0.357. The molecule has 0 aliphatic heterocycles. The summed E-state index contributed by atoms with van der Waals surface area (Å²) in [7, 11) is 0. The fourth-order valence-electron chi connectivity index (χ4n) is 2.01. The van der Waals surface area contributed by atoms with Crippen molar-refractivity contribution in [3.8, 4) is 0 Å². The number of nitrogen functional groups attached to an aromatic ring is 1. The lowest BCUT2D eigenvalue weighted by Crippen LogP contribution is -2.07. The second-order valence-corrected chi connectivity index (χ2v) is 4.53. The molecule has 2 rings (SSSR count). The van der Waals surface area contributed by atoms with Gasteiger partial charge in [0.05, 0.1) is 12.7 Å². The number of benzene rings is 1. The second kappa shape index (κ2) is 5.69. The van der Waals surface area contributed by atoms with Crippen molar-refractivity contribution in [3.05, 3.63) is 47.2 Å². The Morgan fingerprint density at radius 1 is 1.39 bits per heavy atom. The minimum atomic E-state index is 0.183. The van der Waals surface area contributed by atoms with Gasteiger partial charge in [-0.05, 0) is 25.3 Å². The van der Waals surface area contributed by atoms with E-state index in [1.165, 1.54) is 11.1 Å². The van der Waals surface area contributed by atoms with E-state index in [1.807, 2.05) is 10.7 Å². The fourth-order valence-corrected chi connectivity index (χ4v) is 2.01. The van der Waals surface area contributed by atoms with Crippen molar-refractivity contribution in [2.75, 3.05) is 12.3 Å². The highest BCUT2D eigenvalue weighted by Gasteiger charge is 2.07. The van der Waals surface area contributed by atoms with Crippen LogP contribution >= 0.6 is 0 Å². The Kier molecular flexibility index (Phi) is 3.99. The van der Waals surface area contributed by atoms with Gasteiger partial charge < -0.3 is 10.8 Å². The maximum absolute atomic E-state index is 8.82. The molecule has 0 fully saturated rings. The highest BCUT2D eigenvalue weighted by atomic mass is 16.2. The Balaban J connectivity index is 2.12. The van der Waals surface area contributed by atoms with Crippen LogP contribution in [0.1, 0.15) is 23.1 Å². The lowest BCUT2D eigenvalue weighted by Gasteiger charge is -2.06. The maximum Gasteiger partial charge on any atom is 0.125 e. The van der Waals surface area contributed by atoms with Gasteiger partial charge in [-0.1, -0.05) is 29.8 Å². The summed E-state index contributed by atoms with van der Waals surface area (Å²) in [4.78, 5) is 0. The van der Waals surface area contributed by atoms with Crippen molar-refractivity contribution in [2.24, 2.45) is 0 Å². The van der Waals surface area contributed by atoms with Crippen molar-refractivity contribution in [2.45, 2.75) is 26.3 Å². The van der Waals surface area contributed by atoms with E-state index in [-0.39, 0.29) is 6.61 Å². The van der Waals surface area contributed by atoms with Gasteiger partial charge in [0, 0.05) is 12.2 Å². The number of aromatic nitrogens is 2. The minimum Gasteiger partial charge on any atom is -0.396 e. The number of hydrogen-bond donors (Lipinski definition) is 2. The Labute approximate surface area is 107 Å². The highest BCUT2D eigenvalue weighted by molar-refractivity contribution is 5.39. The van der Waals surface area contributed by atoms with E-state index in [0.29, 0.717) is 12.4 Å². The molecule has 0 bridgehead atoms. The first-order valence-corrected chi connectivity index (χ1v) is 6.17. The van der Waals surface area contributed by atoms with Crippen LogP contribution in [0.5, 0.6) is 0 Å². The van der Waals surface area contributed by atoms with E-state index < -0.39 is 0 Å². The molecule has 0 saturated carbocycles. The number of aliphatic hydroxyl groups is 1. The minimum absolute atomic E-state index is 0.183. The van der Waals surface area contributed by atoms with E-state index in [2.05, 4.69) is 30.2 Å².